The Morgan fingerprint density at radius 1 is 1.16 bits per heavy atom. The first kappa shape index (κ1) is 20.5. The Morgan fingerprint density at radius 2 is 1.97 bits per heavy atom. The van der Waals surface area contributed by atoms with Crippen LogP contribution < -0.4 is 5.32 Å². The average molecular weight is 450 g/mol. The normalized spacial score (nSPS) is 11.2. The molecule has 0 unspecified atom stereocenters. The van der Waals surface area contributed by atoms with E-state index in [0.717, 1.165) is 11.3 Å². The first-order valence-electron chi connectivity index (χ1n) is 9.03. The number of hydrogen-bond donors (Lipinski definition) is 1. The van der Waals surface area contributed by atoms with Gasteiger partial charge in [0.15, 0.2) is 5.13 Å². The number of carbonyl (C=O) groups excluding carboxylic acids is 1. The molecule has 0 aliphatic rings. The minimum atomic E-state index is -0.598. The number of benzene rings is 2. The molecule has 0 spiro atoms. The Labute approximate surface area is 186 Å². The summed E-state index contributed by atoms with van der Waals surface area (Å²) < 4.78 is 19.0. The molecule has 8 heteroatoms. The van der Waals surface area contributed by atoms with Gasteiger partial charge in [0.2, 0.25) is 0 Å². The fourth-order valence-corrected chi connectivity index (χ4v) is 3.66. The van der Waals surface area contributed by atoms with E-state index in [2.05, 4.69) is 10.3 Å². The molecule has 2 aromatic carbocycles. The van der Waals surface area contributed by atoms with Crippen molar-refractivity contribution < 1.29 is 13.6 Å². The van der Waals surface area contributed by atoms with Gasteiger partial charge < -0.3 is 4.42 Å². The fraction of sp³-hybridized carbons (Fsp3) is 0. The molecule has 0 atom stereocenters. The van der Waals surface area contributed by atoms with Gasteiger partial charge in [-0.05, 0) is 30.3 Å². The summed E-state index contributed by atoms with van der Waals surface area (Å²) in [4.78, 5) is 16.9. The topological polar surface area (TPSA) is 78.9 Å². The number of amides is 1. The number of thiazole rings is 1. The molecule has 2 heterocycles. The Balaban J connectivity index is 1.50. The zero-order valence-electron chi connectivity index (χ0n) is 15.8. The van der Waals surface area contributed by atoms with Gasteiger partial charge in [-0.2, -0.15) is 5.26 Å². The van der Waals surface area contributed by atoms with Crippen LogP contribution in [-0.4, -0.2) is 10.9 Å². The molecule has 152 valence electrons. The lowest BCUT2D eigenvalue weighted by atomic mass is 10.2. The van der Waals surface area contributed by atoms with Gasteiger partial charge >= 0.3 is 0 Å². The van der Waals surface area contributed by atoms with Gasteiger partial charge in [0.05, 0.1) is 10.7 Å². The number of nitriles is 1. The van der Waals surface area contributed by atoms with E-state index in [-0.39, 0.29) is 10.6 Å². The van der Waals surface area contributed by atoms with Crippen molar-refractivity contribution >= 4 is 40.1 Å². The highest BCUT2D eigenvalue weighted by Gasteiger charge is 2.14. The molecule has 4 rings (SSSR count). The van der Waals surface area contributed by atoms with Crippen molar-refractivity contribution in [2.75, 3.05) is 5.32 Å². The third-order valence-electron chi connectivity index (χ3n) is 4.28. The van der Waals surface area contributed by atoms with E-state index >= 15 is 0 Å². The van der Waals surface area contributed by atoms with Crippen LogP contribution in [0.1, 0.15) is 5.76 Å². The predicted molar refractivity (Wildman–Crippen MR) is 119 cm³/mol. The van der Waals surface area contributed by atoms with Crippen LogP contribution in [-0.2, 0) is 4.79 Å². The molecule has 0 aliphatic carbocycles. The van der Waals surface area contributed by atoms with Gasteiger partial charge in [-0.1, -0.05) is 41.9 Å². The molecule has 0 saturated heterocycles. The zero-order chi connectivity index (χ0) is 21.8. The van der Waals surface area contributed by atoms with E-state index in [0.29, 0.717) is 22.2 Å². The van der Waals surface area contributed by atoms with Crippen molar-refractivity contribution in [3.8, 4) is 28.7 Å². The molecule has 31 heavy (non-hydrogen) atoms. The summed E-state index contributed by atoms with van der Waals surface area (Å²) in [6, 6.07) is 18.9. The fourth-order valence-electron chi connectivity index (χ4n) is 2.76. The van der Waals surface area contributed by atoms with Crippen molar-refractivity contribution in [3.05, 3.63) is 88.2 Å². The standard InChI is InChI=1S/C23H13ClFN3O2S/c24-18-11-15(6-8-19(18)25)21-9-7-17(30-21)10-16(12-26)22(29)28-23-27-20(13-31-23)14-4-2-1-3-5-14/h1-11,13H,(H,27,28,29)/b16-10-. The molecule has 4 aromatic rings. The highest BCUT2D eigenvalue weighted by atomic mass is 35.5. The maximum atomic E-state index is 13.3. The monoisotopic (exact) mass is 449 g/mol. The number of nitrogens with one attached hydrogen (secondary N) is 1. The lowest BCUT2D eigenvalue weighted by Gasteiger charge is -2.00. The van der Waals surface area contributed by atoms with Crippen LogP contribution in [0.3, 0.4) is 0 Å². The lowest BCUT2D eigenvalue weighted by molar-refractivity contribution is -0.112. The van der Waals surface area contributed by atoms with Crippen LogP contribution in [0, 0.1) is 17.1 Å². The van der Waals surface area contributed by atoms with Crippen molar-refractivity contribution in [1.29, 1.82) is 5.26 Å². The predicted octanol–water partition coefficient (Wildman–Crippen LogP) is 6.41. The van der Waals surface area contributed by atoms with Crippen molar-refractivity contribution in [2.45, 2.75) is 0 Å². The SMILES string of the molecule is N#C/C(=C/c1ccc(-c2ccc(F)c(Cl)c2)o1)C(=O)Nc1nc(-c2ccccc2)cs1. The molecule has 0 aliphatic heterocycles. The summed E-state index contributed by atoms with van der Waals surface area (Å²) in [6.45, 7) is 0. The summed E-state index contributed by atoms with van der Waals surface area (Å²) >= 11 is 7.07. The minimum absolute atomic E-state index is 0.0265. The van der Waals surface area contributed by atoms with Gasteiger partial charge in [-0.15, -0.1) is 11.3 Å². The Hall–Kier alpha value is -3.73. The molecule has 0 saturated carbocycles. The molecule has 1 amide bonds. The van der Waals surface area contributed by atoms with Crippen LogP contribution in [0.15, 0.2) is 76.0 Å². The zero-order valence-corrected chi connectivity index (χ0v) is 17.4. The van der Waals surface area contributed by atoms with Crippen molar-refractivity contribution in [1.82, 2.24) is 4.98 Å². The number of hydrogen-bond acceptors (Lipinski definition) is 5. The van der Waals surface area contributed by atoms with Crippen LogP contribution in [0.5, 0.6) is 0 Å². The van der Waals surface area contributed by atoms with Gasteiger partial charge in [-0.3, -0.25) is 10.1 Å². The van der Waals surface area contributed by atoms with Crippen LogP contribution in [0.4, 0.5) is 9.52 Å². The second-order valence-corrected chi connectivity index (χ2v) is 7.62. The quantitative estimate of drug-likeness (QED) is 0.282. The maximum absolute atomic E-state index is 13.3. The van der Waals surface area contributed by atoms with E-state index < -0.39 is 11.7 Å². The van der Waals surface area contributed by atoms with Gasteiger partial charge in [0.1, 0.15) is 29.0 Å². The molecule has 0 fully saturated rings. The highest BCUT2D eigenvalue weighted by Crippen LogP contribution is 2.28. The summed E-state index contributed by atoms with van der Waals surface area (Å²) in [5.41, 5.74) is 2.09. The van der Waals surface area contributed by atoms with Crippen LogP contribution in [0.25, 0.3) is 28.7 Å². The molecule has 5 nitrogen and oxygen atoms in total. The largest absolute Gasteiger partial charge is 0.457 e. The number of nitrogens with zero attached hydrogens (tertiary/aromatic N) is 2. The summed E-state index contributed by atoms with van der Waals surface area (Å²) in [5, 5.41) is 14.2. The van der Waals surface area contributed by atoms with E-state index in [1.165, 1.54) is 35.6 Å². The van der Waals surface area contributed by atoms with Crippen molar-refractivity contribution in [2.24, 2.45) is 0 Å². The number of anilines is 1. The first-order chi connectivity index (χ1) is 15.0. The Kier molecular flexibility index (Phi) is 5.94. The lowest BCUT2D eigenvalue weighted by Crippen LogP contribution is -2.13. The van der Waals surface area contributed by atoms with Gasteiger partial charge in [-0.25, -0.2) is 9.37 Å². The molecule has 1 N–H and O–H groups in total. The van der Waals surface area contributed by atoms with E-state index in [9.17, 15) is 14.4 Å². The number of aromatic nitrogens is 1. The third kappa shape index (κ3) is 4.72. The molecular formula is C23H13ClFN3O2S. The number of carbonyl (C=O) groups is 1. The summed E-state index contributed by atoms with van der Waals surface area (Å²) in [6.07, 6.45) is 1.33. The second-order valence-electron chi connectivity index (χ2n) is 6.36. The Bertz CT molecular complexity index is 1320. The van der Waals surface area contributed by atoms with Gasteiger partial charge in [0.25, 0.3) is 5.91 Å². The minimum Gasteiger partial charge on any atom is -0.457 e. The smallest absolute Gasteiger partial charge is 0.268 e. The number of halogens is 2. The number of rotatable bonds is 5. The molecular weight excluding hydrogens is 437 g/mol. The molecule has 0 bridgehead atoms. The van der Waals surface area contributed by atoms with E-state index in [1.807, 2.05) is 41.8 Å². The summed E-state index contributed by atoms with van der Waals surface area (Å²) in [7, 11) is 0. The Morgan fingerprint density at radius 3 is 2.71 bits per heavy atom. The van der Waals surface area contributed by atoms with Crippen LogP contribution in [0.2, 0.25) is 5.02 Å². The van der Waals surface area contributed by atoms with Crippen molar-refractivity contribution in [3.63, 3.8) is 0 Å². The maximum Gasteiger partial charge on any atom is 0.268 e. The van der Waals surface area contributed by atoms with E-state index in [1.54, 1.807) is 12.1 Å². The first-order valence-corrected chi connectivity index (χ1v) is 10.3. The highest BCUT2D eigenvalue weighted by molar-refractivity contribution is 7.14. The third-order valence-corrected chi connectivity index (χ3v) is 5.32. The molecule has 0 radical (unpaired) electrons. The van der Waals surface area contributed by atoms with E-state index in [4.69, 9.17) is 16.0 Å². The van der Waals surface area contributed by atoms with Crippen LogP contribution >= 0.6 is 22.9 Å². The number of furan rings is 1. The average Bonchev–Trinajstić information content (AvgIpc) is 3.44. The summed E-state index contributed by atoms with van der Waals surface area (Å²) in [5.74, 6) is -0.401. The molecule has 2 aromatic heterocycles. The van der Waals surface area contributed by atoms with Gasteiger partial charge in [0, 0.05) is 22.6 Å². The second kappa shape index (κ2) is 8.96.